The summed E-state index contributed by atoms with van der Waals surface area (Å²) < 4.78 is 5.56. The number of benzene rings is 2. The number of amides is 1. The van der Waals surface area contributed by atoms with Gasteiger partial charge in [0.25, 0.3) is 11.7 Å². The van der Waals surface area contributed by atoms with Gasteiger partial charge in [-0.1, -0.05) is 38.1 Å². The number of aliphatic hydroxyl groups excluding tert-OH is 1. The topological polar surface area (TPSA) is 95.5 Å². The number of ether oxygens (including phenoxy) is 1. The van der Waals surface area contributed by atoms with Gasteiger partial charge in [-0.2, -0.15) is 0 Å². The monoisotopic (exact) mass is 495 g/mol. The molecule has 7 heteroatoms. The Bertz CT molecular complexity index is 1540. The van der Waals surface area contributed by atoms with Crippen molar-refractivity contribution in [2.45, 2.75) is 39.3 Å². The zero-order valence-corrected chi connectivity index (χ0v) is 21.3. The van der Waals surface area contributed by atoms with Crippen LogP contribution >= 0.6 is 0 Å². The number of aromatic nitrogens is 2. The van der Waals surface area contributed by atoms with E-state index < -0.39 is 17.7 Å². The molecule has 188 valence electrons. The Balaban J connectivity index is 1.74. The van der Waals surface area contributed by atoms with Crippen LogP contribution in [-0.4, -0.2) is 38.8 Å². The number of carbonyl (C=O) groups is 2. The van der Waals surface area contributed by atoms with E-state index in [2.05, 4.69) is 9.97 Å². The molecule has 1 aliphatic rings. The van der Waals surface area contributed by atoms with Crippen molar-refractivity contribution in [3.63, 3.8) is 0 Å². The number of Topliss-reactive ketones (excluding diaryl/α,β-unsaturated/α-hetero) is 1. The number of fused-ring (bicyclic) bond motifs is 1. The molecule has 1 amide bonds. The minimum Gasteiger partial charge on any atom is -0.507 e. The molecule has 0 radical (unpaired) electrons. The first-order chi connectivity index (χ1) is 17.8. The predicted octanol–water partition coefficient (Wildman–Crippen LogP) is 5.63. The van der Waals surface area contributed by atoms with E-state index in [1.165, 1.54) is 4.90 Å². The molecule has 0 bridgehead atoms. The van der Waals surface area contributed by atoms with Gasteiger partial charge in [0.15, 0.2) is 0 Å². The maximum Gasteiger partial charge on any atom is 0.295 e. The molecule has 1 aliphatic heterocycles. The van der Waals surface area contributed by atoms with Crippen molar-refractivity contribution in [2.75, 3.05) is 7.11 Å². The summed E-state index contributed by atoms with van der Waals surface area (Å²) in [5.74, 6) is -0.716. The second kappa shape index (κ2) is 9.58. The number of aliphatic hydroxyl groups is 1. The number of aryl methyl sites for hydroxylation is 1. The lowest BCUT2D eigenvalue weighted by Gasteiger charge is -2.25. The van der Waals surface area contributed by atoms with Crippen LogP contribution in [0.15, 0.2) is 72.7 Å². The highest BCUT2D eigenvalue weighted by molar-refractivity contribution is 6.46. The minimum absolute atomic E-state index is 0.0709. The van der Waals surface area contributed by atoms with E-state index in [0.29, 0.717) is 11.3 Å². The van der Waals surface area contributed by atoms with E-state index in [1.54, 1.807) is 25.6 Å². The Morgan fingerprint density at radius 3 is 2.65 bits per heavy atom. The second-order valence-electron chi connectivity index (χ2n) is 9.64. The quantitative estimate of drug-likeness (QED) is 0.205. The van der Waals surface area contributed by atoms with Crippen molar-refractivity contribution >= 4 is 28.4 Å². The number of nitrogens with one attached hydrogen (secondary N) is 1. The maximum absolute atomic E-state index is 13.6. The number of rotatable bonds is 6. The normalized spacial score (nSPS) is 17.2. The summed E-state index contributed by atoms with van der Waals surface area (Å²) in [6, 6.07) is 14.3. The number of H-pyrrole nitrogens is 1. The van der Waals surface area contributed by atoms with Gasteiger partial charge < -0.3 is 19.7 Å². The molecule has 1 unspecified atom stereocenters. The van der Waals surface area contributed by atoms with Crippen LogP contribution < -0.4 is 4.74 Å². The first kappa shape index (κ1) is 24.3. The minimum atomic E-state index is -0.777. The zero-order valence-electron chi connectivity index (χ0n) is 21.3. The molecule has 1 atom stereocenters. The van der Waals surface area contributed by atoms with Gasteiger partial charge >= 0.3 is 0 Å². The van der Waals surface area contributed by atoms with Crippen LogP contribution in [0.3, 0.4) is 0 Å². The van der Waals surface area contributed by atoms with E-state index in [1.807, 2.05) is 69.4 Å². The highest BCUT2D eigenvalue weighted by Crippen LogP contribution is 2.43. The number of methoxy groups -OCH3 is 1. The molecule has 2 aromatic carbocycles. The molecule has 3 heterocycles. The Morgan fingerprint density at radius 1 is 1.16 bits per heavy atom. The van der Waals surface area contributed by atoms with Gasteiger partial charge in [-0.15, -0.1) is 0 Å². The van der Waals surface area contributed by atoms with Gasteiger partial charge in [0.05, 0.1) is 18.7 Å². The highest BCUT2D eigenvalue weighted by atomic mass is 16.5. The summed E-state index contributed by atoms with van der Waals surface area (Å²) in [7, 11) is 1.61. The van der Waals surface area contributed by atoms with Gasteiger partial charge in [-0.3, -0.25) is 14.6 Å². The fraction of sp³-hybridized carbons (Fsp3) is 0.233. The average Bonchev–Trinajstić information content (AvgIpc) is 3.43. The molecule has 7 nitrogen and oxygen atoms in total. The van der Waals surface area contributed by atoms with Crippen molar-refractivity contribution in [1.82, 2.24) is 14.9 Å². The molecule has 4 aromatic rings. The Labute approximate surface area is 215 Å². The first-order valence-electron chi connectivity index (χ1n) is 12.2. The van der Waals surface area contributed by atoms with E-state index in [0.717, 1.165) is 33.2 Å². The molecule has 0 aliphatic carbocycles. The largest absolute Gasteiger partial charge is 0.507 e. The van der Waals surface area contributed by atoms with Crippen LogP contribution in [0.4, 0.5) is 0 Å². The summed E-state index contributed by atoms with van der Waals surface area (Å²) in [6.45, 7) is 6.11. The molecule has 2 aromatic heterocycles. The third-order valence-corrected chi connectivity index (χ3v) is 6.99. The van der Waals surface area contributed by atoms with E-state index in [-0.39, 0.29) is 23.8 Å². The van der Waals surface area contributed by atoms with Crippen molar-refractivity contribution < 1.29 is 19.4 Å². The van der Waals surface area contributed by atoms with E-state index >= 15 is 0 Å². The lowest BCUT2D eigenvalue weighted by atomic mass is 9.91. The molecule has 1 fully saturated rings. The zero-order chi connectivity index (χ0) is 26.3. The number of para-hydroxylation sites is 1. The van der Waals surface area contributed by atoms with Crippen LogP contribution in [0.1, 0.15) is 53.6 Å². The summed E-state index contributed by atoms with van der Waals surface area (Å²) in [5.41, 5.74) is 4.65. The van der Waals surface area contributed by atoms with Crippen molar-refractivity contribution in [3.8, 4) is 5.75 Å². The van der Waals surface area contributed by atoms with Gasteiger partial charge in [-0.05, 0) is 53.8 Å². The highest BCUT2D eigenvalue weighted by Gasteiger charge is 2.47. The SMILES string of the molecule is COc1cc(C)c(/C(O)=C2\C(=O)C(=O)N(Cc3cccnc3)C2c2c[nH]c3ccccc23)cc1C(C)C. The van der Waals surface area contributed by atoms with Crippen molar-refractivity contribution in [2.24, 2.45) is 0 Å². The second-order valence-corrected chi connectivity index (χ2v) is 9.64. The first-order valence-corrected chi connectivity index (χ1v) is 12.2. The van der Waals surface area contributed by atoms with Gasteiger partial charge in [0, 0.05) is 47.2 Å². The number of hydrogen-bond acceptors (Lipinski definition) is 5. The van der Waals surface area contributed by atoms with Gasteiger partial charge in [0.2, 0.25) is 0 Å². The Kier molecular flexibility index (Phi) is 6.29. The van der Waals surface area contributed by atoms with Gasteiger partial charge in [-0.25, -0.2) is 0 Å². The van der Waals surface area contributed by atoms with Crippen LogP contribution in [-0.2, 0) is 16.1 Å². The van der Waals surface area contributed by atoms with Crippen molar-refractivity contribution in [1.29, 1.82) is 0 Å². The Hall–Kier alpha value is -4.39. The van der Waals surface area contributed by atoms with Crippen LogP contribution in [0.2, 0.25) is 0 Å². The van der Waals surface area contributed by atoms with Crippen LogP contribution in [0.25, 0.3) is 16.7 Å². The standard InChI is InChI=1S/C30H29N3O4/c1-17(2)21-13-22(18(3)12-25(21)37-4)28(34)26-27(23-15-32-24-10-6-5-9-20(23)24)33(30(36)29(26)35)16-19-8-7-11-31-14-19/h5-15,17,27,32,34H,16H2,1-4H3/b28-26+. The summed E-state index contributed by atoms with van der Waals surface area (Å²) in [6.07, 6.45) is 5.15. The number of pyridine rings is 1. The lowest BCUT2D eigenvalue weighted by Crippen LogP contribution is -2.29. The molecule has 5 rings (SSSR count). The average molecular weight is 496 g/mol. The number of likely N-dealkylation sites (tertiary alicyclic amines) is 1. The third-order valence-electron chi connectivity index (χ3n) is 6.99. The van der Waals surface area contributed by atoms with Crippen LogP contribution in [0, 0.1) is 6.92 Å². The molecule has 2 N–H and O–H groups in total. The molecule has 0 saturated carbocycles. The van der Waals surface area contributed by atoms with Gasteiger partial charge in [0.1, 0.15) is 11.5 Å². The summed E-state index contributed by atoms with van der Waals surface area (Å²) >= 11 is 0. The number of hydrogen-bond donors (Lipinski definition) is 2. The number of aromatic amines is 1. The number of ketones is 1. The van der Waals surface area contributed by atoms with E-state index in [4.69, 9.17) is 4.74 Å². The summed E-state index contributed by atoms with van der Waals surface area (Å²) in [5, 5.41) is 12.6. The third kappa shape index (κ3) is 4.16. The molecular formula is C30H29N3O4. The molecule has 0 spiro atoms. The lowest BCUT2D eigenvalue weighted by molar-refractivity contribution is -0.140. The fourth-order valence-electron chi connectivity index (χ4n) is 5.10. The molecule has 37 heavy (non-hydrogen) atoms. The van der Waals surface area contributed by atoms with Crippen molar-refractivity contribution in [3.05, 3.63) is 101 Å². The predicted molar refractivity (Wildman–Crippen MR) is 142 cm³/mol. The Morgan fingerprint density at radius 2 is 1.95 bits per heavy atom. The molecule has 1 saturated heterocycles. The maximum atomic E-state index is 13.6. The smallest absolute Gasteiger partial charge is 0.295 e. The van der Waals surface area contributed by atoms with Crippen LogP contribution in [0.5, 0.6) is 5.75 Å². The summed E-state index contributed by atoms with van der Waals surface area (Å²) in [4.78, 5) is 35.9. The number of nitrogens with zero attached hydrogens (tertiary/aromatic N) is 2. The number of carbonyl (C=O) groups excluding carboxylic acids is 2. The fourth-order valence-corrected chi connectivity index (χ4v) is 5.10. The molecular weight excluding hydrogens is 466 g/mol. The van der Waals surface area contributed by atoms with E-state index in [9.17, 15) is 14.7 Å².